The van der Waals surface area contributed by atoms with Crippen LogP contribution in [0, 0.1) is 0 Å². The number of carbonyl (C=O) groups excluding carboxylic acids is 1. The van der Waals surface area contributed by atoms with Gasteiger partial charge in [0.15, 0.2) is 0 Å². The first-order valence-corrected chi connectivity index (χ1v) is 6.05. The fraction of sp³-hybridized carbons (Fsp3) is 0.917. The third-order valence-corrected chi connectivity index (χ3v) is 2.79. The van der Waals surface area contributed by atoms with Crippen molar-refractivity contribution >= 4 is 5.91 Å². The van der Waals surface area contributed by atoms with Crippen LogP contribution in [0.25, 0.3) is 0 Å². The van der Waals surface area contributed by atoms with Gasteiger partial charge in [0.2, 0.25) is 5.91 Å². The molecule has 0 aromatic heterocycles. The van der Waals surface area contributed by atoms with Crippen LogP contribution in [-0.4, -0.2) is 35.2 Å². The molecule has 0 atom stereocenters. The van der Waals surface area contributed by atoms with Crippen molar-refractivity contribution < 1.29 is 9.90 Å². The number of aliphatic hydroxyl groups is 1. The minimum absolute atomic E-state index is 0.0194. The van der Waals surface area contributed by atoms with E-state index in [-0.39, 0.29) is 18.0 Å². The fourth-order valence-corrected chi connectivity index (χ4v) is 2.08. The van der Waals surface area contributed by atoms with E-state index in [1.54, 1.807) is 0 Å². The van der Waals surface area contributed by atoms with Crippen molar-refractivity contribution in [3.8, 4) is 0 Å². The first kappa shape index (κ1) is 13.5. The highest BCUT2D eigenvalue weighted by Gasteiger charge is 2.30. The number of nitrogens with one attached hydrogen (secondary N) is 2. The van der Waals surface area contributed by atoms with Gasteiger partial charge in [0.1, 0.15) is 0 Å². The Morgan fingerprint density at radius 1 is 1.31 bits per heavy atom. The molecule has 0 aromatic carbocycles. The van der Waals surface area contributed by atoms with Crippen LogP contribution in [0.5, 0.6) is 0 Å². The summed E-state index contributed by atoms with van der Waals surface area (Å²) in [6.45, 7) is 6.66. The SMILES string of the molecule is CC(C)(C)NC(=O)CNCC1(O)CCCC1. The molecule has 0 aliphatic heterocycles. The van der Waals surface area contributed by atoms with E-state index in [9.17, 15) is 9.90 Å². The van der Waals surface area contributed by atoms with Crippen LogP contribution >= 0.6 is 0 Å². The summed E-state index contributed by atoms with van der Waals surface area (Å²) in [7, 11) is 0. The Morgan fingerprint density at radius 2 is 1.88 bits per heavy atom. The minimum Gasteiger partial charge on any atom is -0.389 e. The summed E-state index contributed by atoms with van der Waals surface area (Å²) in [6, 6.07) is 0. The molecule has 0 bridgehead atoms. The minimum atomic E-state index is -0.581. The summed E-state index contributed by atoms with van der Waals surface area (Å²) in [4.78, 5) is 11.5. The zero-order valence-electron chi connectivity index (χ0n) is 10.6. The average molecular weight is 228 g/mol. The average Bonchev–Trinajstić information content (AvgIpc) is 2.49. The number of hydrogen-bond acceptors (Lipinski definition) is 3. The Morgan fingerprint density at radius 3 is 2.38 bits per heavy atom. The maximum absolute atomic E-state index is 11.5. The van der Waals surface area contributed by atoms with Crippen LogP contribution in [0.2, 0.25) is 0 Å². The molecule has 1 rings (SSSR count). The lowest BCUT2D eigenvalue weighted by molar-refractivity contribution is -0.121. The van der Waals surface area contributed by atoms with E-state index >= 15 is 0 Å². The molecule has 0 aromatic rings. The van der Waals surface area contributed by atoms with E-state index in [1.165, 1.54) is 0 Å². The van der Waals surface area contributed by atoms with Crippen molar-refractivity contribution in [3.05, 3.63) is 0 Å². The van der Waals surface area contributed by atoms with Crippen molar-refractivity contribution in [3.63, 3.8) is 0 Å². The van der Waals surface area contributed by atoms with Crippen molar-refractivity contribution in [2.45, 2.75) is 57.6 Å². The summed E-state index contributed by atoms with van der Waals surface area (Å²) >= 11 is 0. The lowest BCUT2D eigenvalue weighted by Crippen LogP contribution is -2.47. The fourth-order valence-electron chi connectivity index (χ4n) is 2.08. The van der Waals surface area contributed by atoms with E-state index in [4.69, 9.17) is 0 Å². The van der Waals surface area contributed by atoms with Gasteiger partial charge in [0.05, 0.1) is 12.1 Å². The molecule has 1 aliphatic carbocycles. The predicted octanol–water partition coefficient (Wildman–Crippen LogP) is 0.796. The number of carbonyl (C=O) groups is 1. The molecule has 16 heavy (non-hydrogen) atoms. The van der Waals surface area contributed by atoms with Gasteiger partial charge in [0, 0.05) is 12.1 Å². The Labute approximate surface area is 97.8 Å². The zero-order valence-corrected chi connectivity index (χ0v) is 10.6. The highest BCUT2D eigenvalue weighted by molar-refractivity contribution is 5.78. The lowest BCUT2D eigenvalue weighted by Gasteiger charge is -2.24. The van der Waals surface area contributed by atoms with Crippen LogP contribution in [0.3, 0.4) is 0 Å². The highest BCUT2D eigenvalue weighted by Crippen LogP contribution is 2.28. The van der Waals surface area contributed by atoms with E-state index < -0.39 is 5.60 Å². The summed E-state index contributed by atoms with van der Waals surface area (Å²) < 4.78 is 0. The standard InChI is InChI=1S/C12H24N2O2/c1-11(2,3)14-10(15)8-13-9-12(16)6-4-5-7-12/h13,16H,4-9H2,1-3H3,(H,14,15). The topological polar surface area (TPSA) is 61.4 Å². The summed E-state index contributed by atoms with van der Waals surface area (Å²) in [5, 5.41) is 15.9. The first-order chi connectivity index (χ1) is 7.31. The van der Waals surface area contributed by atoms with Gasteiger partial charge in [-0.05, 0) is 33.6 Å². The monoisotopic (exact) mass is 228 g/mol. The molecule has 1 fully saturated rings. The quantitative estimate of drug-likeness (QED) is 0.667. The highest BCUT2D eigenvalue weighted by atomic mass is 16.3. The van der Waals surface area contributed by atoms with Crippen LogP contribution in [0.4, 0.5) is 0 Å². The van der Waals surface area contributed by atoms with Crippen LogP contribution in [0.1, 0.15) is 46.5 Å². The van der Waals surface area contributed by atoms with Gasteiger partial charge in [-0.3, -0.25) is 4.79 Å². The Bertz CT molecular complexity index is 240. The van der Waals surface area contributed by atoms with Crippen molar-refractivity contribution in [1.29, 1.82) is 0 Å². The molecule has 4 nitrogen and oxygen atoms in total. The molecule has 4 heteroatoms. The van der Waals surface area contributed by atoms with Gasteiger partial charge in [0.25, 0.3) is 0 Å². The Kier molecular flexibility index (Phi) is 4.33. The van der Waals surface area contributed by atoms with Crippen LogP contribution < -0.4 is 10.6 Å². The number of rotatable bonds is 4. The first-order valence-electron chi connectivity index (χ1n) is 6.05. The third kappa shape index (κ3) is 4.94. The number of amides is 1. The maximum Gasteiger partial charge on any atom is 0.234 e. The van der Waals surface area contributed by atoms with E-state index in [2.05, 4.69) is 10.6 Å². The van der Waals surface area contributed by atoms with Gasteiger partial charge in [-0.15, -0.1) is 0 Å². The van der Waals surface area contributed by atoms with Crippen LogP contribution in [0.15, 0.2) is 0 Å². The third-order valence-electron chi connectivity index (χ3n) is 2.79. The van der Waals surface area contributed by atoms with Crippen molar-refractivity contribution in [2.24, 2.45) is 0 Å². The largest absolute Gasteiger partial charge is 0.389 e. The second kappa shape index (κ2) is 5.15. The molecule has 3 N–H and O–H groups in total. The molecule has 0 unspecified atom stereocenters. The summed E-state index contributed by atoms with van der Waals surface area (Å²) in [5.74, 6) is -0.0194. The molecular weight excluding hydrogens is 204 g/mol. The maximum atomic E-state index is 11.5. The molecular formula is C12H24N2O2. The lowest BCUT2D eigenvalue weighted by atomic mass is 10.0. The van der Waals surface area contributed by atoms with Gasteiger partial charge in [-0.2, -0.15) is 0 Å². The molecule has 94 valence electrons. The van der Waals surface area contributed by atoms with Crippen molar-refractivity contribution in [1.82, 2.24) is 10.6 Å². The van der Waals surface area contributed by atoms with E-state index in [0.717, 1.165) is 25.7 Å². The van der Waals surface area contributed by atoms with Gasteiger partial charge in [-0.1, -0.05) is 12.8 Å². The molecule has 0 spiro atoms. The van der Waals surface area contributed by atoms with E-state index in [0.29, 0.717) is 6.54 Å². The Hall–Kier alpha value is -0.610. The molecule has 0 heterocycles. The van der Waals surface area contributed by atoms with Gasteiger partial charge < -0.3 is 15.7 Å². The predicted molar refractivity (Wildman–Crippen MR) is 64.2 cm³/mol. The van der Waals surface area contributed by atoms with Gasteiger partial charge in [-0.25, -0.2) is 0 Å². The number of hydrogen-bond donors (Lipinski definition) is 3. The van der Waals surface area contributed by atoms with Crippen molar-refractivity contribution in [2.75, 3.05) is 13.1 Å². The molecule has 1 saturated carbocycles. The molecule has 0 radical (unpaired) electrons. The second-order valence-electron chi connectivity index (χ2n) is 5.83. The summed E-state index contributed by atoms with van der Waals surface area (Å²) in [6.07, 6.45) is 3.88. The normalized spacial score (nSPS) is 19.8. The Balaban J connectivity index is 2.18. The molecule has 0 saturated heterocycles. The van der Waals surface area contributed by atoms with E-state index in [1.807, 2.05) is 20.8 Å². The van der Waals surface area contributed by atoms with Crippen LogP contribution in [-0.2, 0) is 4.79 Å². The second-order valence-corrected chi connectivity index (χ2v) is 5.83. The summed E-state index contributed by atoms with van der Waals surface area (Å²) in [5.41, 5.74) is -0.773. The molecule has 1 aliphatic rings. The van der Waals surface area contributed by atoms with Gasteiger partial charge >= 0.3 is 0 Å². The molecule has 1 amide bonds. The zero-order chi connectivity index (χ0) is 12.2. The smallest absolute Gasteiger partial charge is 0.234 e.